The van der Waals surface area contributed by atoms with Gasteiger partial charge in [0.2, 0.25) is 11.6 Å². The molecule has 1 aromatic heterocycles. The zero-order chi connectivity index (χ0) is 8.27. The van der Waals surface area contributed by atoms with Crippen molar-refractivity contribution in [3.8, 4) is 0 Å². The normalized spacial score (nSPS) is 10.0. The summed E-state index contributed by atoms with van der Waals surface area (Å²) in [6.45, 7) is 0.501. The Hall–Kier alpha value is -1.30. The first-order chi connectivity index (χ1) is 5.25. The molecule has 0 aliphatic rings. The van der Waals surface area contributed by atoms with E-state index in [1.54, 1.807) is 11.9 Å². The maximum Gasteiger partial charge on any atom is 0.217 e. The Bertz CT molecular complexity index is 224. The predicted octanol–water partition coefficient (Wildman–Crippen LogP) is -0.920. The van der Waals surface area contributed by atoms with E-state index in [1.165, 1.54) is 0 Å². The molecule has 1 aromatic rings. The highest BCUT2D eigenvalue weighted by Gasteiger charge is 2.09. The van der Waals surface area contributed by atoms with Crippen molar-refractivity contribution in [3.63, 3.8) is 0 Å². The van der Waals surface area contributed by atoms with Gasteiger partial charge in [0.25, 0.3) is 0 Å². The zero-order valence-electron chi connectivity index (χ0n) is 6.19. The standard InChI is InChI=1S/C5H10N4O2/c1-9(2-3-10)5-4(6)7-11-8-5/h10H,2-3H2,1H3,(H2,6,7). The number of nitrogens with zero attached hydrogens (tertiary/aromatic N) is 3. The summed E-state index contributed by atoms with van der Waals surface area (Å²) in [6.07, 6.45) is 0. The van der Waals surface area contributed by atoms with E-state index >= 15 is 0 Å². The molecule has 62 valence electrons. The molecule has 0 amide bonds. The molecule has 0 unspecified atom stereocenters. The van der Waals surface area contributed by atoms with Gasteiger partial charge in [0.05, 0.1) is 6.61 Å². The summed E-state index contributed by atoms with van der Waals surface area (Å²) in [5, 5.41) is 15.5. The summed E-state index contributed by atoms with van der Waals surface area (Å²) in [7, 11) is 1.74. The molecule has 0 fully saturated rings. The molecule has 0 spiro atoms. The Morgan fingerprint density at radius 3 is 2.82 bits per heavy atom. The second-order valence-electron chi connectivity index (χ2n) is 2.12. The van der Waals surface area contributed by atoms with Crippen LogP contribution in [0.5, 0.6) is 0 Å². The third kappa shape index (κ3) is 1.58. The fraction of sp³-hybridized carbons (Fsp3) is 0.600. The summed E-state index contributed by atoms with van der Waals surface area (Å²) >= 11 is 0. The van der Waals surface area contributed by atoms with Crippen LogP contribution in [0.15, 0.2) is 4.63 Å². The van der Waals surface area contributed by atoms with Crippen molar-refractivity contribution < 1.29 is 9.74 Å². The molecule has 0 aliphatic carbocycles. The third-order valence-corrected chi connectivity index (χ3v) is 1.29. The maximum absolute atomic E-state index is 8.57. The number of nitrogen functional groups attached to an aromatic ring is 1. The molecule has 0 bridgehead atoms. The SMILES string of the molecule is CN(CCO)c1nonc1N. The minimum Gasteiger partial charge on any atom is -0.395 e. The lowest BCUT2D eigenvalue weighted by molar-refractivity contribution is 0.298. The number of aromatic nitrogens is 2. The van der Waals surface area contributed by atoms with Gasteiger partial charge in [-0.3, -0.25) is 0 Å². The maximum atomic E-state index is 8.57. The molecule has 1 rings (SSSR count). The first kappa shape index (κ1) is 7.80. The molecular weight excluding hydrogens is 148 g/mol. The van der Waals surface area contributed by atoms with Gasteiger partial charge in [-0.25, -0.2) is 4.63 Å². The van der Waals surface area contributed by atoms with Crippen LogP contribution in [0.3, 0.4) is 0 Å². The molecule has 6 heteroatoms. The van der Waals surface area contributed by atoms with E-state index in [0.717, 1.165) is 0 Å². The predicted molar refractivity (Wildman–Crippen MR) is 39.1 cm³/mol. The minimum absolute atomic E-state index is 0.0444. The number of rotatable bonds is 3. The van der Waals surface area contributed by atoms with E-state index in [9.17, 15) is 0 Å². The highest BCUT2D eigenvalue weighted by Crippen LogP contribution is 2.14. The van der Waals surface area contributed by atoms with Gasteiger partial charge in [-0.15, -0.1) is 0 Å². The Balaban J connectivity index is 2.67. The molecule has 6 nitrogen and oxygen atoms in total. The third-order valence-electron chi connectivity index (χ3n) is 1.29. The van der Waals surface area contributed by atoms with Crippen LogP contribution in [-0.4, -0.2) is 35.6 Å². The van der Waals surface area contributed by atoms with Crippen molar-refractivity contribution in [2.45, 2.75) is 0 Å². The monoisotopic (exact) mass is 158 g/mol. The van der Waals surface area contributed by atoms with Crippen molar-refractivity contribution in [3.05, 3.63) is 0 Å². The van der Waals surface area contributed by atoms with E-state index in [0.29, 0.717) is 12.4 Å². The van der Waals surface area contributed by atoms with Crippen LogP contribution in [0.25, 0.3) is 0 Å². The van der Waals surface area contributed by atoms with Gasteiger partial charge in [-0.1, -0.05) is 0 Å². The Labute approximate surface area is 63.6 Å². The quantitative estimate of drug-likeness (QED) is 0.591. The number of anilines is 2. The van der Waals surface area contributed by atoms with E-state index in [1.807, 2.05) is 0 Å². The van der Waals surface area contributed by atoms with Crippen LogP contribution in [0.4, 0.5) is 11.6 Å². The summed E-state index contributed by atoms with van der Waals surface area (Å²) in [5.41, 5.74) is 5.38. The average Bonchev–Trinajstić information content (AvgIpc) is 2.36. The van der Waals surface area contributed by atoms with Gasteiger partial charge in [0.15, 0.2) is 0 Å². The lowest BCUT2D eigenvalue weighted by atomic mass is 10.5. The largest absolute Gasteiger partial charge is 0.395 e. The summed E-state index contributed by atoms with van der Waals surface area (Å²) in [6, 6.07) is 0. The molecule has 0 aliphatic heterocycles. The number of hydrogen-bond donors (Lipinski definition) is 2. The van der Waals surface area contributed by atoms with Gasteiger partial charge in [-0.05, 0) is 10.3 Å². The highest BCUT2D eigenvalue weighted by atomic mass is 16.6. The number of nitrogens with two attached hydrogens (primary N) is 1. The highest BCUT2D eigenvalue weighted by molar-refractivity contribution is 5.55. The van der Waals surface area contributed by atoms with Crippen molar-refractivity contribution >= 4 is 11.6 Å². The summed E-state index contributed by atoms with van der Waals surface area (Å²) in [5.74, 6) is 0.694. The average molecular weight is 158 g/mol. The number of aliphatic hydroxyl groups is 1. The molecule has 0 saturated carbocycles. The van der Waals surface area contributed by atoms with Gasteiger partial charge >= 0.3 is 0 Å². The van der Waals surface area contributed by atoms with E-state index in [4.69, 9.17) is 10.8 Å². The van der Waals surface area contributed by atoms with Crippen LogP contribution in [0, 0.1) is 0 Å². The topological polar surface area (TPSA) is 88.4 Å². The first-order valence-corrected chi connectivity index (χ1v) is 3.15. The zero-order valence-corrected chi connectivity index (χ0v) is 6.19. The summed E-state index contributed by atoms with van der Waals surface area (Å²) in [4.78, 5) is 1.66. The molecule has 0 aromatic carbocycles. The lowest BCUT2D eigenvalue weighted by Gasteiger charge is -2.12. The van der Waals surface area contributed by atoms with Crippen LogP contribution >= 0.6 is 0 Å². The van der Waals surface area contributed by atoms with Crippen molar-refractivity contribution in [1.82, 2.24) is 10.3 Å². The fourth-order valence-electron chi connectivity index (χ4n) is 0.712. The van der Waals surface area contributed by atoms with Gasteiger partial charge in [0, 0.05) is 13.6 Å². The van der Waals surface area contributed by atoms with Crippen LogP contribution in [0.2, 0.25) is 0 Å². The summed E-state index contributed by atoms with van der Waals surface area (Å²) < 4.78 is 4.36. The Morgan fingerprint density at radius 2 is 2.36 bits per heavy atom. The van der Waals surface area contributed by atoms with Crippen LogP contribution < -0.4 is 10.6 Å². The molecule has 0 saturated heterocycles. The van der Waals surface area contributed by atoms with Gasteiger partial charge in [0.1, 0.15) is 0 Å². The molecule has 1 heterocycles. The Kier molecular flexibility index (Phi) is 2.27. The van der Waals surface area contributed by atoms with Crippen molar-refractivity contribution in [1.29, 1.82) is 0 Å². The van der Waals surface area contributed by atoms with E-state index in [2.05, 4.69) is 14.9 Å². The number of hydrogen-bond acceptors (Lipinski definition) is 6. The van der Waals surface area contributed by atoms with Crippen LogP contribution in [-0.2, 0) is 0 Å². The van der Waals surface area contributed by atoms with Crippen molar-refractivity contribution in [2.24, 2.45) is 0 Å². The van der Waals surface area contributed by atoms with Gasteiger partial charge in [-0.2, -0.15) is 0 Å². The fourth-order valence-corrected chi connectivity index (χ4v) is 0.712. The number of likely N-dealkylation sites (N-methyl/N-ethyl adjacent to an activating group) is 1. The molecule has 3 N–H and O–H groups in total. The smallest absolute Gasteiger partial charge is 0.217 e. The van der Waals surface area contributed by atoms with Crippen molar-refractivity contribution in [2.75, 3.05) is 30.8 Å². The second-order valence-corrected chi connectivity index (χ2v) is 2.12. The van der Waals surface area contributed by atoms with Crippen LogP contribution in [0.1, 0.15) is 0 Å². The van der Waals surface area contributed by atoms with E-state index in [-0.39, 0.29) is 12.4 Å². The second kappa shape index (κ2) is 3.20. The molecule has 0 atom stereocenters. The van der Waals surface area contributed by atoms with Gasteiger partial charge < -0.3 is 15.7 Å². The Morgan fingerprint density at radius 1 is 1.64 bits per heavy atom. The molecule has 0 radical (unpaired) electrons. The minimum atomic E-state index is 0.0444. The first-order valence-electron chi connectivity index (χ1n) is 3.15. The molecular formula is C5H10N4O2. The lowest BCUT2D eigenvalue weighted by Crippen LogP contribution is -2.22. The van der Waals surface area contributed by atoms with E-state index < -0.39 is 0 Å². The molecule has 11 heavy (non-hydrogen) atoms. The number of aliphatic hydroxyl groups excluding tert-OH is 1.